The average molecular weight is 449 g/mol. The molecule has 0 heterocycles. The van der Waals surface area contributed by atoms with E-state index in [1.165, 1.54) is 0 Å². The average Bonchev–Trinajstić information content (AvgIpc) is 2.71. The van der Waals surface area contributed by atoms with Crippen LogP contribution in [-0.2, 0) is 11.2 Å². The number of carbonyl (C=O) groups excluding carboxylic acids is 1. The third-order valence-electron chi connectivity index (χ3n) is 4.76. The molecule has 174 valence electrons. The van der Waals surface area contributed by atoms with Gasteiger partial charge in [-0.15, -0.1) is 0 Å². The molecule has 5 N–H and O–H groups in total. The third-order valence-corrected chi connectivity index (χ3v) is 4.76. The summed E-state index contributed by atoms with van der Waals surface area (Å²) in [6.45, 7) is 4.26. The molecule has 7 nitrogen and oxygen atoms in total. The van der Waals surface area contributed by atoms with Crippen LogP contribution in [0.25, 0.3) is 0 Å². The highest BCUT2D eigenvalue weighted by Crippen LogP contribution is 2.15. The summed E-state index contributed by atoms with van der Waals surface area (Å²) >= 11 is 0. The molecule has 0 bridgehead atoms. The van der Waals surface area contributed by atoms with E-state index in [0.29, 0.717) is 18.2 Å². The van der Waals surface area contributed by atoms with Crippen molar-refractivity contribution in [2.45, 2.75) is 38.5 Å². The van der Waals surface area contributed by atoms with Crippen molar-refractivity contribution in [2.24, 2.45) is 5.92 Å². The van der Waals surface area contributed by atoms with E-state index < -0.39 is 35.9 Å². The molecule has 2 amide bonds. The zero-order chi connectivity index (χ0) is 23.7. The quantitative estimate of drug-likeness (QED) is 0.362. The van der Waals surface area contributed by atoms with Crippen LogP contribution in [0.15, 0.2) is 48.5 Å². The van der Waals surface area contributed by atoms with Crippen LogP contribution in [0.5, 0.6) is 0 Å². The first kappa shape index (κ1) is 25.2. The maximum atomic E-state index is 13.5. The van der Waals surface area contributed by atoms with Crippen molar-refractivity contribution in [2.75, 3.05) is 13.1 Å². The van der Waals surface area contributed by atoms with Crippen LogP contribution in [-0.4, -0.2) is 47.4 Å². The fraction of sp³-hybridized carbons (Fsp3) is 0.391. The molecule has 0 aliphatic heterocycles. The van der Waals surface area contributed by atoms with Gasteiger partial charge in [0.2, 0.25) is 5.91 Å². The van der Waals surface area contributed by atoms with Gasteiger partial charge in [0.25, 0.3) is 0 Å². The van der Waals surface area contributed by atoms with E-state index in [1.807, 2.05) is 19.9 Å². The van der Waals surface area contributed by atoms with E-state index in [0.717, 1.165) is 12.1 Å². The third kappa shape index (κ3) is 8.24. The number of hydrogen-bond donors (Lipinski definition) is 5. The van der Waals surface area contributed by atoms with Gasteiger partial charge in [0, 0.05) is 19.2 Å². The number of amides is 2. The number of rotatable bonds is 11. The van der Waals surface area contributed by atoms with Crippen molar-refractivity contribution < 1.29 is 28.6 Å². The van der Waals surface area contributed by atoms with Crippen LogP contribution in [0.1, 0.15) is 31.0 Å². The molecule has 0 aromatic heterocycles. The molecule has 3 atom stereocenters. The maximum Gasteiger partial charge on any atom is 0.404 e. The van der Waals surface area contributed by atoms with E-state index in [2.05, 4.69) is 16.0 Å². The highest BCUT2D eigenvalue weighted by Gasteiger charge is 2.26. The van der Waals surface area contributed by atoms with Gasteiger partial charge in [-0.25, -0.2) is 13.6 Å². The number of nitrogens with one attached hydrogen (secondary N) is 3. The van der Waals surface area contributed by atoms with Crippen LogP contribution in [0, 0.1) is 17.6 Å². The summed E-state index contributed by atoms with van der Waals surface area (Å²) in [4.78, 5) is 23.9. The second-order valence-corrected chi connectivity index (χ2v) is 8.00. The molecule has 32 heavy (non-hydrogen) atoms. The summed E-state index contributed by atoms with van der Waals surface area (Å²) in [6.07, 6.45) is -2.80. The maximum absolute atomic E-state index is 13.5. The molecule has 0 aliphatic carbocycles. The van der Waals surface area contributed by atoms with E-state index >= 15 is 0 Å². The SMILES string of the molecule is CC(C)CNC(=O)[C@@H](NC[C@@H](O)[C@H](Cc1cc(F)cc(F)c1)NC(=O)O)c1ccccc1. The fourth-order valence-corrected chi connectivity index (χ4v) is 3.22. The Morgan fingerprint density at radius 2 is 1.62 bits per heavy atom. The summed E-state index contributed by atoms with van der Waals surface area (Å²) in [6, 6.07) is 9.93. The lowest BCUT2D eigenvalue weighted by molar-refractivity contribution is -0.123. The first-order chi connectivity index (χ1) is 15.2. The summed E-state index contributed by atoms with van der Waals surface area (Å²) < 4.78 is 27.0. The number of benzene rings is 2. The smallest absolute Gasteiger partial charge is 0.404 e. The van der Waals surface area contributed by atoms with Crippen molar-refractivity contribution in [1.82, 2.24) is 16.0 Å². The number of carbonyl (C=O) groups is 2. The van der Waals surface area contributed by atoms with Gasteiger partial charge in [-0.05, 0) is 35.6 Å². The number of halogens is 2. The van der Waals surface area contributed by atoms with Crippen LogP contribution in [0.3, 0.4) is 0 Å². The largest absolute Gasteiger partial charge is 0.465 e. The number of hydrogen-bond acceptors (Lipinski definition) is 4. The molecule has 0 radical (unpaired) electrons. The monoisotopic (exact) mass is 449 g/mol. The minimum atomic E-state index is -1.39. The van der Waals surface area contributed by atoms with Crippen LogP contribution < -0.4 is 16.0 Å². The van der Waals surface area contributed by atoms with Crippen molar-refractivity contribution >= 4 is 12.0 Å². The minimum absolute atomic E-state index is 0.140. The summed E-state index contributed by atoms with van der Waals surface area (Å²) in [7, 11) is 0. The highest BCUT2D eigenvalue weighted by molar-refractivity contribution is 5.83. The van der Waals surface area contributed by atoms with Crippen molar-refractivity contribution in [3.63, 3.8) is 0 Å². The standard InChI is InChI=1S/C23H29F2N3O4/c1-14(2)12-27-22(30)21(16-6-4-3-5-7-16)26-13-20(29)19(28-23(31)32)10-15-8-17(24)11-18(25)9-15/h3-9,11,14,19-21,26,28-29H,10,12-13H2,1-2H3,(H,27,30)(H,31,32)/t19-,20+,21-/m0/s1. The van der Waals surface area contributed by atoms with Gasteiger partial charge in [-0.3, -0.25) is 10.1 Å². The van der Waals surface area contributed by atoms with Gasteiger partial charge in [-0.1, -0.05) is 44.2 Å². The van der Waals surface area contributed by atoms with Gasteiger partial charge in [0.15, 0.2) is 0 Å². The molecule has 0 saturated heterocycles. The van der Waals surface area contributed by atoms with E-state index in [9.17, 15) is 23.5 Å². The Balaban J connectivity index is 2.13. The molecule has 0 saturated carbocycles. The molecule has 0 aliphatic rings. The van der Waals surface area contributed by atoms with E-state index in [4.69, 9.17) is 5.11 Å². The summed E-state index contributed by atoms with van der Waals surface area (Å²) in [5.74, 6) is -1.64. The first-order valence-corrected chi connectivity index (χ1v) is 10.3. The zero-order valence-electron chi connectivity index (χ0n) is 18.0. The van der Waals surface area contributed by atoms with Gasteiger partial charge in [-0.2, -0.15) is 0 Å². The minimum Gasteiger partial charge on any atom is -0.465 e. The number of carboxylic acid groups (broad SMARTS) is 1. The first-order valence-electron chi connectivity index (χ1n) is 10.3. The Morgan fingerprint density at radius 1 is 1.00 bits per heavy atom. The van der Waals surface area contributed by atoms with Crippen LogP contribution in [0.2, 0.25) is 0 Å². The van der Waals surface area contributed by atoms with E-state index in [1.54, 1.807) is 24.3 Å². The summed E-state index contributed by atoms with van der Waals surface area (Å²) in [5.41, 5.74) is 0.866. The Hall–Kier alpha value is -3.04. The van der Waals surface area contributed by atoms with E-state index in [-0.39, 0.29) is 30.4 Å². The van der Waals surface area contributed by atoms with Crippen molar-refractivity contribution in [3.8, 4) is 0 Å². The molecule has 0 fully saturated rings. The molecule has 2 aromatic carbocycles. The molecule has 0 unspecified atom stereocenters. The normalized spacial score (nSPS) is 13.9. The number of aliphatic hydroxyl groups is 1. The van der Waals surface area contributed by atoms with Gasteiger partial charge < -0.3 is 20.8 Å². The fourth-order valence-electron chi connectivity index (χ4n) is 3.22. The second-order valence-electron chi connectivity index (χ2n) is 8.00. The van der Waals surface area contributed by atoms with Crippen LogP contribution >= 0.6 is 0 Å². The zero-order valence-corrected chi connectivity index (χ0v) is 18.0. The van der Waals surface area contributed by atoms with Gasteiger partial charge in [0.1, 0.15) is 17.7 Å². The lowest BCUT2D eigenvalue weighted by atomic mass is 10.00. The number of aliphatic hydroxyl groups excluding tert-OH is 1. The van der Waals surface area contributed by atoms with Crippen LogP contribution in [0.4, 0.5) is 13.6 Å². The molecular weight excluding hydrogens is 420 g/mol. The lowest BCUT2D eigenvalue weighted by Gasteiger charge is -2.26. The van der Waals surface area contributed by atoms with Gasteiger partial charge >= 0.3 is 6.09 Å². The van der Waals surface area contributed by atoms with Crippen molar-refractivity contribution in [1.29, 1.82) is 0 Å². The predicted octanol–water partition coefficient (Wildman–Crippen LogP) is 2.61. The lowest BCUT2D eigenvalue weighted by Crippen LogP contribution is -2.50. The highest BCUT2D eigenvalue weighted by atomic mass is 19.1. The Labute approximate surface area is 185 Å². The molecule has 2 aromatic rings. The Kier molecular flexibility index (Phi) is 9.55. The van der Waals surface area contributed by atoms with Gasteiger partial charge in [0.05, 0.1) is 12.1 Å². The Morgan fingerprint density at radius 3 is 2.19 bits per heavy atom. The second kappa shape index (κ2) is 12.1. The summed E-state index contributed by atoms with van der Waals surface area (Å²) in [5, 5.41) is 27.8. The van der Waals surface area contributed by atoms with Crippen molar-refractivity contribution in [3.05, 3.63) is 71.3 Å². The topological polar surface area (TPSA) is 111 Å². The Bertz CT molecular complexity index is 876. The predicted molar refractivity (Wildman–Crippen MR) is 116 cm³/mol. The molecular formula is C23H29F2N3O4. The molecule has 9 heteroatoms. The molecule has 0 spiro atoms. The molecule has 2 rings (SSSR count).